The van der Waals surface area contributed by atoms with E-state index >= 15 is 0 Å². The number of aliphatic hydroxyl groups excluding tert-OH is 2. The fraction of sp³-hybridized carbons (Fsp3) is 0.250. The fourth-order valence-electron chi connectivity index (χ4n) is 1.98. The van der Waals surface area contributed by atoms with Gasteiger partial charge < -0.3 is 15.5 Å². The molecule has 2 aromatic carbocycles. The lowest BCUT2D eigenvalue weighted by Crippen LogP contribution is -2.26. The summed E-state index contributed by atoms with van der Waals surface area (Å²) >= 11 is 0. The first-order chi connectivity index (χ1) is 9.66. The third-order valence-electron chi connectivity index (χ3n) is 3.09. The second kappa shape index (κ2) is 7.14. The molecule has 2 aromatic rings. The Morgan fingerprint density at radius 3 is 2.10 bits per heavy atom. The van der Waals surface area contributed by atoms with Gasteiger partial charge in [0.2, 0.25) is 0 Å². The van der Waals surface area contributed by atoms with Gasteiger partial charge in [-0.3, -0.25) is 0 Å². The van der Waals surface area contributed by atoms with Gasteiger partial charge in [-0.25, -0.2) is 4.39 Å². The maximum Gasteiger partial charge on any atom is 0.123 e. The summed E-state index contributed by atoms with van der Waals surface area (Å²) in [5, 5.41) is 22.8. The summed E-state index contributed by atoms with van der Waals surface area (Å²) in [5.41, 5.74) is 1.34. The van der Waals surface area contributed by atoms with Gasteiger partial charge >= 0.3 is 0 Å². The molecule has 0 aliphatic rings. The highest BCUT2D eigenvalue weighted by atomic mass is 19.1. The lowest BCUT2D eigenvalue weighted by atomic mass is 10.1. The summed E-state index contributed by atoms with van der Waals surface area (Å²) in [6, 6.07) is 15.2. The molecule has 0 aliphatic carbocycles. The second-order valence-corrected chi connectivity index (χ2v) is 4.66. The molecule has 2 rings (SSSR count). The van der Waals surface area contributed by atoms with E-state index in [1.165, 1.54) is 12.1 Å². The van der Waals surface area contributed by atoms with Gasteiger partial charge in [-0.1, -0.05) is 42.5 Å². The molecule has 0 bridgehead atoms. The maximum absolute atomic E-state index is 13.0. The summed E-state index contributed by atoms with van der Waals surface area (Å²) in [6.07, 6.45) is -1.43. The van der Waals surface area contributed by atoms with E-state index in [1.54, 1.807) is 12.1 Å². The van der Waals surface area contributed by atoms with Crippen LogP contribution < -0.4 is 5.32 Å². The zero-order valence-electron chi connectivity index (χ0n) is 11.0. The molecule has 3 N–H and O–H groups in total. The van der Waals surface area contributed by atoms with E-state index in [4.69, 9.17) is 0 Å². The first kappa shape index (κ1) is 14.7. The molecule has 0 heterocycles. The number of halogens is 1. The highest BCUT2D eigenvalue weighted by Gasteiger charge is 2.10. The van der Waals surface area contributed by atoms with Gasteiger partial charge in [0.1, 0.15) is 5.82 Å². The van der Waals surface area contributed by atoms with Crippen molar-refractivity contribution >= 4 is 0 Å². The van der Waals surface area contributed by atoms with Crippen molar-refractivity contribution in [2.45, 2.75) is 12.2 Å². The van der Waals surface area contributed by atoms with E-state index in [-0.39, 0.29) is 12.4 Å². The average molecular weight is 275 g/mol. The van der Waals surface area contributed by atoms with E-state index in [9.17, 15) is 14.6 Å². The fourth-order valence-corrected chi connectivity index (χ4v) is 1.98. The number of rotatable bonds is 6. The van der Waals surface area contributed by atoms with E-state index in [2.05, 4.69) is 5.32 Å². The minimum absolute atomic E-state index is 0.257. The Hall–Kier alpha value is -1.75. The summed E-state index contributed by atoms with van der Waals surface area (Å²) in [6.45, 7) is 0.587. The van der Waals surface area contributed by atoms with Crippen molar-refractivity contribution in [3.63, 3.8) is 0 Å². The van der Waals surface area contributed by atoms with E-state index in [1.807, 2.05) is 30.3 Å². The molecule has 0 fully saturated rings. The van der Waals surface area contributed by atoms with Crippen LogP contribution in [0.4, 0.5) is 4.39 Å². The Balaban J connectivity index is 1.81. The predicted molar refractivity (Wildman–Crippen MR) is 75.6 cm³/mol. The molecule has 3 nitrogen and oxygen atoms in total. The van der Waals surface area contributed by atoms with Crippen molar-refractivity contribution in [2.24, 2.45) is 0 Å². The van der Waals surface area contributed by atoms with Gasteiger partial charge in [0, 0.05) is 13.1 Å². The Morgan fingerprint density at radius 1 is 0.850 bits per heavy atom. The normalized spacial score (nSPS) is 13.9. The first-order valence-electron chi connectivity index (χ1n) is 6.54. The third-order valence-corrected chi connectivity index (χ3v) is 3.09. The minimum Gasteiger partial charge on any atom is -0.387 e. The first-order valence-corrected chi connectivity index (χ1v) is 6.54. The Morgan fingerprint density at radius 2 is 1.45 bits per heavy atom. The lowest BCUT2D eigenvalue weighted by molar-refractivity contribution is 0.147. The number of nitrogens with one attached hydrogen (secondary N) is 1. The van der Waals surface area contributed by atoms with E-state index in [0.717, 1.165) is 5.56 Å². The van der Waals surface area contributed by atoms with Crippen LogP contribution in [0.15, 0.2) is 54.6 Å². The number of benzene rings is 2. The Kier molecular flexibility index (Phi) is 5.24. The van der Waals surface area contributed by atoms with Crippen LogP contribution in [0.1, 0.15) is 23.3 Å². The smallest absolute Gasteiger partial charge is 0.123 e. The summed E-state index contributed by atoms with van der Waals surface area (Å²) in [5.74, 6) is -0.370. The molecular formula is C16H18FNO2. The number of hydrogen-bond donors (Lipinski definition) is 3. The molecule has 4 heteroatoms. The highest BCUT2D eigenvalue weighted by Crippen LogP contribution is 2.14. The predicted octanol–water partition coefficient (Wildman–Crippen LogP) is 2.18. The van der Waals surface area contributed by atoms with Crippen LogP contribution in [0.25, 0.3) is 0 Å². The van der Waals surface area contributed by atoms with Crippen molar-refractivity contribution < 1.29 is 14.6 Å². The molecule has 0 saturated heterocycles. The summed E-state index contributed by atoms with van der Waals surface area (Å²) < 4.78 is 13.0. The van der Waals surface area contributed by atoms with Crippen LogP contribution in [-0.4, -0.2) is 23.3 Å². The molecule has 0 aromatic heterocycles. The zero-order valence-corrected chi connectivity index (χ0v) is 11.0. The van der Waals surface area contributed by atoms with Crippen molar-refractivity contribution in [2.75, 3.05) is 13.1 Å². The van der Waals surface area contributed by atoms with E-state index < -0.39 is 12.2 Å². The minimum atomic E-state index is -0.798. The van der Waals surface area contributed by atoms with E-state index in [0.29, 0.717) is 12.1 Å². The second-order valence-electron chi connectivity index (χ2n) is 4.66. The third kappa shape index (κ3) is 4.13. The van der Waals surface area contributed by atoms with Crippen molar-refractivity contribution in [1.82, 2.24) is 5.32 Å². The van der Waals surface area contributed by atoms with Gasteiger partial charge in [0.05, 0.1) is 12.2 Å². The maximum atomic E-state index is 13.0. The number of hydrogen-bond acceptors (Lipinski definition) is 3. The largest absolute Gasteiger partial charge is 0.387 e. The molecule has 2 atom stereocenters. The van der Waals surface area contributed by atoms with Gasteiger partial charge in [-0.05, 0) is 23.3 Å². The molecule has 0 radical (unpaired) electrons. The van der Waals surface area contributed by atoms with Crippen LogP contribution >= 0.6 is 0 Å². The SMILES string of the molecule is OC(CNCC(O)c1cccc(F)c1)c1ccccc1. The van der Waals surface area contributed by atoms with Gasteiger partial charge in [0.15, 0.2) is 0 Å². The van der Waals surface area contributed by atoms with Crippen LogP contribution in [-0.2, 0) is 0 Å². The lowest BCUT2D eigenvalue weighted by Gasteiger charge is -2.15. The molecule has 0 amide bonds. The van der Waals surface area contributed by atoms with Crippen LogP contribution in [0, 0.1) is 5.82 Å². The van der Waals surface area contributed by atoms with Crippen LogP contribution in [0.3, 0.4) is 0 Å². The summed E-state index contributed by atoms with van der Waals surface area (Å²) in [7, 11) is 0. The Labute approximate surface area is 117 Å². The van der Waals surface area contributed by atoms with Gasteiger partial charge in [-0.2, -0.15) is 0 Å². The molecule has 106 valence electrons. The van der Waals surface area contributed by atoms with Gasteiger partial charge in [-0.15, -0.1) is 0 Å². The van der Waals surface area contributed by atoms with Crippen LogP contribution in [0.2, 0.25) is 0 Å². The molecule has 0 spiro atoms. The standard InChI is InChI=1S/C16H18FNO2/c17-14-8-4-7-13(9-14)16(20)11-18-10-15(19)12-5-2-1-3-6-12/h1-9,15-16,18-20H,10-11H2. The van der Waals surface area contributed by atoms with Gasteiger partial charge in [0.25, 0.3) is 0 Å². The van der Waals surface area contributed by atoms with Crippen molar-refractivity contribution in [1.29, 1.82) is 0 Å². The van der Waals surface area contributed by atoms with Crippen molar-refractivity contribution in [3.8, 4) is 0 Å². The summed E-state index contributed by atoms with van der Waals surface area (Å²) in [4.78, 5) is 0. The molecule has 20 heavy (non-hydrogen) atoms. The average Bonchev–Trinajstić information content (AvgIpc) is 2.48. The quantitative estimate of drug-likeness (QED) is 0.757. The monoisotopic (exact) mass is 275 g/mol. The molecular weight excluding hydrogens is 257 g/mol. The van der Waals surface area contributed by atoms with Crippen LogP contribution in [0.5, 0.6) is 0 Å². The molecule has 0 saturated carbocycles. The number of aliphatic hydroxyl groups is 2. The highest BCUT2D eigenvalue weighted by molar-refractivity contribution is 5.19. The van der Waals surface area contributed by atoms with Crippen molar-refractivity contribution in [3.05, 3.63) is 71.5 Å². The Bertz CT molecular complexity index is 533. The molecule has 2 unspecified atom stereocenters. The molecule has 0 aliphatic heterocycles. The zero-order chi connectivity index (χ0) is 14.4. The topological polar surface area (TPSA) is 52.5 Å².